The molecular weight excluding hydrogens is 266 g/mol. The van der Waals surface area contributed by atoms with Crippen LogP contribution >= 0.6 is 0 Å². The van der Waals surface area contributed by atoms with Crippen molar-refractivity contribution in [3.05, 3.63) is 12.2 Å². The third kappa shape index (κ3) is 13.5. The number of hydrogen-bond donors (Lipinski definition) is 5. The Morgan fingerprint density at radius 2 is 1.62 bits per heavy atom. The fourth-order valence-electron chi connectivity index (χ4n) is 1.67. The molecule has 0 aromatic carbocycles. The van der Waals surface area contributed by atoms with Crippen molar-refractivity contribution in [2.24, 2.45) is 10.1 Å². The molecule has 0 aromatic heterocycles. The first-order valence-corrected chi connectivity index (χ1v) is 7.76. The van der Waals surface area contributed by atoms with Gasteiger partial charge in [0.1, 0.15) is 0 Å². The topological polar surface area (TPSA) is 84.9 Å². The summed E-state index contributed by atoms with van der Waals surface area (Å²) in [5.74, 6) is 0. The molecule has 0 spiro atoms. The lowest BCUT2D eigenvalue weighted by molar-refractivity contribution is 0.443. The zero-order chi connectivity index (χ0) is 14.8. The highest BCUT2D eigenvalue weighted by atomic mass is 15.4. The predicted molar refractivity (Wildman–Crippen MR) is 89.7 cm³/mol. The maximum atomic E-state index is 3.85. The van der Waals surface area contributed by atoms with E-state index in [0.29, 0.717) is 0 Å². The largest absolute Gasteiger partial charge is 0.310 e. The minimum absolute atomic E-state index is 0.889. The highest BCUT2D eigenvalue weighted by molar-refractivity contribution is 5.73. The average molecular weight is 295 g/mol. The van der Waals surface area contributed by atoms with Crippen molar-refractivity contribution in [1.29, 1.82) is 0 Å². The second-order valence-electron chi connectivity index (χ2n) is 4.69. The summed E-state index contributed by atoms with van der Waals surface area (Å²) in [6.07, 6.45) is 11.4. The molecule has 4 heterocycles. The second kappa shape index (κ2) is 15.1. The fourth-order valence-corrected chi connectivity index (χ4v) is 1.67. The van der Waals surface area contributed by atoms with Gasteiger partial charge in [0.05, 0.1) is 6.54 Å². The van der Waals surface area contributed by atoms with Crippen LogP contribution in [0, 0.1) is 0 Å². The SMILES string of the molecule is C1=CCN=C1.C1=NNCC1.C1CCNNC1.C1CNCN1. The van der Waals surface area contributed by atoms with Crippen LogP contribution in [0.5, 0.6) is 0 Å². The lowest BCUT2D eigenvalue weighted by Crippen LogP contribution is -2.37. The van der Waals surface area contributed by atoms with Crippen molar-refractivity contribution >= 4 is 12.4 Å². The van der Waals surface area contributed by atoms with Crippen molar-refractivity contribution in [1.82, 2.24) is 26.9 Å². The summed E-state index contributed by atoms with van der Waals surface area (Å²) in [5.41, 5.74) is 8.86. The molecule has 7 nitrogen and oxygen atoms in total. The van der Waals surface area contributed by atoms with Crippen molar-refractivity contribution in [3.63, 3.8) is 0 Å². The van der Waals surface area contributed by atoms with E-state index in [1.165, 1.54) is 12.8 Å². The van der Waals surface area contributed by atoms with Crippen LogP contribution in [0.1, 0.15) is 19.3 Å². The van der Waals surface area contributed by atoms with Gasteiger partial charge in [0.15, 0.2) is 0 Å². The molecule has 0 saturated carbocycles. The molecular formula is C14H29N7. The first-order valence-electron chi connectivity index (χ1n) is 7.76. The smallest absolute Gasteiger partial charge is 0.0573 e. The van der Waals surface area contributed by atoms with Crippen LogP contribution in [0.4, 0.5) is 0 Å². The van der Waals surface area contributed by atoms with Crippen LogP contribution in [-0.4, -0.2) is 58.4 Å². The van der Waals surface area contributed by atoms with E-state index in [1.54, 1.807) is 6.21 Å². The number of aliphatic imine (C=N–C) groups is 1. The Labute approximate surface area is 127 Å². The van der Waals surface area contributed by atoms with Gasteiger partial charge in [-0.15, -0.1) is 0 Å². The summed E-state index contributed by atoms with van der Waals surface area (Å²) in [6.45, 7) is 7.47. The number of nitrogens with one attached hydrogen (secondary N) is 5. The lowest BCUT2D eigenvalue weighted by Gasteiger charge is -2.10. The molecule has 21 heavy (non-hydrogen) atoms. The molecule has 4 rings (SSSR count). The number of hydrogen-bond acceptors (Lipinski definition) is 7. The maximum absolute atomic E-state index is 3.85. The summed E-state index contributed by atoms with van der Waals surface area (Å²) < 4.78 is 0. The van der Waals surface area contributed by atoms with E-state index in [1.807, 2.05) is 18.4 Å². The van der Waals surface area contributed by atoms with E-state index < -0.39 is 0 Å². The standard InChI is InChI=1S/C4H10N2.C4H5N.C3H8N2.C3H6N2/c1-2-4-6-5-3-1;1-2-4-5-3-1;1-2-5-3-4-1;1-2-4-5-3-1/h5-6H,1-4H2;1-3H,4H2;4-5H,1-3H2;2,5H,1,3H2. The molecule has 2 fully saturated rings. The van der Waals surface area contributed by atoms with Gasteiger partial charge in [-0.05, 0) is 18.9 Å². The molecule has 5 N–H and O–H groups in total. The van der Waals surface area contributed by atoms with Gasteiger partial charge in [0.25, 0.3) is 0 Å². The molecule has 0 bridgehead atoms. The first kappa shape index (κ1) is 17.8. The molecule has 4 aliphatic rings. The molecule has 0 aromatic rings. The van der Waals surface area contributed by atoms with E-state index in [2.05, 4.69) is 37.0 Å². The van der Waals surface area contributed by atoms with E-state index in [0.717, 1.165) is 52.4 Å². The number of hydrazone groups is 1. The van der Waals surface area contributed by atoms with Crippen LogP contribution in [0.2, 0.25) is 0 Å². The van der Waals surface area contributed by atoms with Crippen molar-refractivity contribution in [2.45, 2.75) is 19.3 Å². The van der Waals surface area contributed by atoms with Gasteiger partial charge in [0, 0.05) is 58.2 Å². The first-order chi connectivity index (χ1) is 10.5. The van der Waals surface area contributed by atoms with Gasteiger partial charge in [-0.1, -0.05) is 6.08 Å². The highest BCUT2D eigenvalue weighted by Crippen LogP contribution is 1.85. The average Bonchev–Trinajstić information content (AvgIpc) is 3.38. The monoisotopic (exact) mass is 295 g/mol. The van der Waals surface area contributed by atoms with Crippen LogP contribution < -0.4 is 26.9 Å². The van der Waals surface area contributed by atoms with Crippen molar-refractivity contribution in [2.75, 3.05) is 45.9 Å². The van der Waals surface area contributed by atoms with Gasteiger partial charge in [-0.2, -0.15) is 5.10 Å². The molecule has 0 radical (unpaired) electrons. The van der Waals surface area contributed by atoms with Gasteiger partial charge in [-0.25, -0.2) is 0 Å². The fraction of sp³-hybridized carbons (Fsp3) is 0.714. The summed E-state index contributed by atoms with van der Waals surface area (Å²) in [6, 6.07) is 0. The van der Waals surface area contributed by atoms with Gasteiger partial charge < -0.3 is 16.1 Å². The third-order valence-corrected chi connectivity index (χ3v) is 2.81. The minimum Gasteiger partial charge on any atom is -0.310 e. The van der Waals surface area contributed by atoms with Crippen molar-refractivity contribution < 1.29 is 0 Å². The second-order valence-corrected chi connectivity index (χ2v) is 4.69. The zero-order valence-electron chi connectivity index (χ0n) is 12.8. The van der Waals surface area contributed by atoms with Crippen LogP contribution in [0.15, 0.2) is 22.2 Å². The van der Waals surface area contributed by atoms with Gasteiger partial charge in [0.2, 0.25) is 0 Å². The third-order valence-electron chi connectivity index (χ3n) is 2.81. The highest BCUT2D eigenvalue weighted by Gasteiger charge is 1.92. The van der Waals surface area contributed by atoms with Crippen LogP contribution in [-0.2, 0) is 0 Å². The molecule has 0 unspecified atom stereocenters. The van der Waals surface area contributed by atoms with E-state index >= 15 is 0 Å². The Balaban J connectivity index is 0.000000140. The lowest BCUT2D eigenvalue weighted by atomic mass is 10.3. The molecule has 4 aliphatic heterocycles. The van der Waals surface area contributed by atoms with E-state index in [4.69, 9.17) is 0 Å². The molecule has 0 aliphatic carbocycles. The van der Waals surface area contributed by atoms with E-state index in [9.17, 15) is 0 Å². The molecule has 0 atom stereocenters. The normalized spacial score (nSPS) is 21.3. The Morgan fingerprint density at radius 1 is 0.857 bits per heavy atom. The van der Waals surface area contributed by atoms with Gasteiger partial charge in [-0.3, -0.25) is 15.8 Å². The van der Waals surface area contributed by atoms with Crippen molar-refractivity contribution in [3.8, 4) is 0 Å². The predicted octanol–water partition coefficient (Wildman–Crippen LogP) is -0.396. The molecule has 120 valence electrons. The van der Waals surface area contributed by atoms with E-state index in [-0.39, 0.29) is 0 Å². The summed E-state index contributed by atoms with van der Waals surface area (Å²) >= 11 is 0. The summed E-state index contributed by atoms with van der Waals surface area (Å²) in [7, 11) is 0. The quantitative estimate of drug-likeness (QED) is 0.420. The maximum Gasteiger partial charge on any atom is 0.0573 e. The minimum atomic E-state index is 0.889. The molecule has 0 amide bonds. The number of allylic oxidation sites excluding steroid dienone is 1. The number of hydrazine groups is 1. The Morgan fingerprint density at radius 3 is 1.81 bits per heavy atom. The van der Waals surface area contributed by atoms with Crippen LogP contribution in [0.25, 0.3) is 0 Å². The molecule has 2 saturated heterocycles. The summed E-state index contributed by atoms with van der Waals surface area (Å²) in [5, 5.41) is 9.93. The summed E-state index contributed by atoms with van der Waals surface area (Å²) in [4.78, 5) is 3.85. The number of nitrogens with zero attached hydrogens (tertiary/aromatic N) is 2. The van der Waals surface area contributed by atoms with Crippen LogP contribution in [0.3, 0.4) is 0 Å². The Hall–Kier alpha value is -1.28. The molecule has 7 heteroatoms. The zero-order valence-corrected chi connectivity index (χ0v) is 12.8. The van der Waals surface area contributed by atoms with Gasteiger partial charge >= 0.3 is 0 Å². The Kier molecular flexibility index (Phi) is 12.8. The number of rotatable bonds is 0. The Bertz CT molecular complexity index is 259.